The van der Waals surface area contributed by atoms with E-state index in [0.29, 0.717) is 18.9 Å². The molecule has 0 radical (unpaired) electrons. The first kappa shape index (κ1) is 12.7. The fourth-order valence-corrected chi connectivity index (χ4v) is 1.37. The summed E-state index contributed by atoms with van der Waals surface area (Å²) in [5.41, 5.74) is 2.11. The van der Waals surface area contributed by atoms with E-state index >= 15 is 0 Å². The number of hydrogen-bond acceptors (Lipinski definition) is 2. The summed E-state index contributed by atoms with van der Waals surface area (Å²) >= 11 is 0. The molecular formula is C13H19NO2. The topological polar surface area (TPSA) is 38.3 Å². The lowest BCUT2D eigenvalue weighted by Crippen LogP contribution is -2.13. The normalized spacial score (nSPS) is 10.5. The Hall–Kier alpha value is -1.35. The third kappa shape index (κ3) is 4.03. The molecule has 3 heteroatoms. The molecule has 16 heavy (non-hydrogen) atoms. The Morgan fingerprint density at radius 2 is 1.94 bits per heavy atom. The molecule has 0 aliphatic heterocycles. The lowest BCUT2D eigenvalue weighted by atomic mass is 10.0. The Labute approximate surface area is 96.8 Å². The van der Waals surface area contributed by atoms with Crippen LogP contribution >= 0.6 is 0 Å². The van der Waals surface area contributed by atoms with Gasteiger partial charge in [-0.15, -0.1) is 0 Å². The summed E-state index contributed by atoms with van der Waals surface area (Å²) in [6, 6.07) is 7.94. The summed E-state index contributed by atoms with van der Waals surface area (Å²) in [7, 11) is 1.59. The Bertz CT molecular complexity index is 330. The van der Waals surface area contributed by atoms with Gasteiger partial charge in [0.1, 0.15) is 0 Å². The number of methoxy groups -OCH3 is 1. The van der Waals surface area contributed by atoms with E-state index in [1.807, 2.05) is 24.3 Å². The highest BCUT2D eigenvalue weighted by Crippen LogP contribution is 2.17. The molecule has 1 amide bonds. The number of carbonyl (C=O) groups is 1. The minimum absolute atomic E-state index is 0.0147. The zero-order valence-corrected chi connectivity index (χ0v) is 10.1. The van der Waals surface area contributed by atoms with Crippen LogP contribution in [0.3, 0.4) is 0 Å². The smallest absolute Gasteiger partial charge is 0.226 e. The maximum absolute atomic E-state index is 11.4. The molecule has 0 aliphatic rings. The van der Waals surface area contributed by atoms with Gasteiger partial charge < -0.3 is 10.1 Å². The van der Waals surface area contributed by atoms with E-state index in [0.717, 1.165) is 5.69 Å². The predicted molar refractivity (Wildman–Crippen MR) is 65.7 cm³/mol. The van der Waals surface area contributed by atoms with E-state index in [4.69, 9.17) is 4.74 Å². The monoisotopic (exact) mass is 221 g/mol. The van der Waals surface area contributed by atoms with Crippen LogP contribution in [0.5, 0.6) is 0 Å². The molecule has 1 aromatic carbocycles. The molecule has 0 spiro atoms. The largest absolute Gasteiger partial charge is 0.384 e. The number of amides is 1. The van der Waals surface area contributed by atoms with Crippen molar-refractivity contribution in [3.8, 4) is 0 Å². The van der Waals surface area contributed by atoms with Gasteiger partial charge >= 0.3 is 0 Å². The second-order valence-electron chi connectivity index (χ2n) is 4.07. The number of rotatable bonds is 5. The molecule has 0 saturated heterocycles. The van der Waals surface area contributed by atoms with Crippen molar-refractivity contribution in [2.45, 2.75) is 26.2 Å². The second-order valence-corrected chi connectivity index (χ2v) is 4.07. The van der Waals surface area contributed by atoms with Crippen LogP contribution < -0.4 is 5.32 Å². The van der Waals surface area contributed by atoms with Gasteiger partial charge in [-0.2, -0.15) is 0 Å². The van der Waals surface area contributed by atoms with E-state index in [1.54, 1.807) is 7.11 Å². The molecule has 0 aliphatic carbocycles. The van der Waals surface area contributed by atoms with Crippen LogP contribution in [0.1, 0.15) is 31.7 Å². The van der Waals surface area contributed by atoms with Gasteiger partial charge in [0.2, 0.25) is 5.91 Å². The number of nitrogens with one attached hydrogen (secondary N) is 1. The zero-order valence-electron chi connectivity index (χ0n) is 10.1. The van der Waals surface area contributed by atoms with E-state index in [2.05, 4.69) is 19.2 Å². The van der Waals surface area contributed by atoms with E-state index in [1.165, 1.54) is 5.56 Å². The minimum Gasteiger partial charge on any atom is -0.384 e. The third-order valence-electron chi connectivity index (χ3n) is 2.39. The fraction of sp³-hybridized carbons (Fsp3) is 0.462. The summed E-state index contributed by atoms with van der Waals surface area (Å²) in [6.07, 6.45) is 0.391. The Morgan fingerprint density at radius 1 is 1.31 bits per heavy atom. The third-order valence-corrected chi connectivity index (χ3v) is 2.39. The highest BCUT2D eigenvalue weighted by Gasteiger charge is 2.02. The standard InChI is InChI=1S/C13H19NO2/c1-10(2)11-4-6-12(7-5-11)14-13(15)8-9-16-3/h4-7,10H,8-9H2,1-3H3,(H,14,15). The van der Waals surface area contributed by atoms with Crippen molar-refractivity contribution >= 4 is 11.6 Å². The Morgan fingerprint density at radius 3 is 2.44 bits per heavy atom. The molecular weight excluding hydrogens is 202 g/mol. The quantitative estimate of drug-likeness (QED) is 0.830. The maximum atomic E-state index is 11.4. The van der Waals surface area contributed by atoms with E-state index < -0.39 is 0 Å². The van der Waals surface area contributed by atoms with Crippen LogP contribution in [0, 0.1) is 0 Å². The molecule has 3 nitrogen and oxygen atoms in total. The number of carbonyl (C=O) groups excluding carboxylic acids is 1. The molecule has 0 saturated carbocycles. The fourth-order valence-electron chi connectivity index (χ4n) is 1.37. The number of hydrogen-bond donors (Lipinski definition) is 1. The summed E-state index contributed by atoms with van der Waals surface area (Å²) in [5.74, 6) is 0.498. The van der Waals surface area contributed by atoms with Crippen molar-refractivity contribution in [3.05, 3.63) is 29.8 Å². The van der Waals surface area contributed by atoms with Crippen molar-refractivity contribution in [1.29, 1.82) is 0 Å². The first-order chi connectivity index (χ1) is 7.63. The van der Waals surface area contributed by atoms with Gasteiger partial charge in [0.05, 0.1) is 13.0 Å². The maximum Gasteiger partial charge on any atom is 0.226 e. The van der Waals surface area contributed by atoms with Crippen LogP contribution in [-0.4, -0.2) is 19.6 Å². The number of benzene rings is 1. The highest BCUT2D eigenvalue weighted by molar-refractivity contribution is 5.90. The average molecular weight is 221 g/mol. The van der Waals surface area contributed by atoms with Gasteiger partial charge in [0.15, 0.2) is 0 Å². The molecule has 1 rings (SSSR count). The van der Waals surface area contributed by atoms with Crippen LogP contribution in [0.4, 0.5) is 5.69 Å². The zero-order chi connectivity index (χ0) is 12.0. The van der Waals surface area contributed by atoms with Crippen LogP contribution in [-0.2, 0) is 9.53 Å². The van der Waals surface area contributed by atoms with Crippen LogP contribution in [0.2, 0.25) is 0 Å². The van der Waals surface area contributed by atoms with Gasteiger partial charge in [-0.25, -0.2) is 0 Å². The van der Waals surface area contributed by atoms with Crippen molar-refractivity contribution in [3.63, 3.8) is 0 Å². The molecule has 0 fully saturated rings. The lowest BCUT2D eigenvalue weighted by molar-refractivity contribution is -0.117. The second kappa shape index (κ2) is 6.28. The summed E-state index contributed by atoms with van der Waals surface area (Å²) in [5, 5.41) is 2.82. The summed E-state index contributed by atoms with van der Waals surface area (Å²) < 4.78 is 4.84. The highest BCUT2D eigenvalue weighted by atomic mass is 16.5. The van der Waals surface area contributed by atoms with Gasteiger partial charge in [0, 0.05) is 12.8 Å². The SMILES string of the molecule is COCCC(=O)Nc1ccc(C(C)C)cc1. The molecule has 0 atom stereocenters. The molecule has 0 heterocycles. The van der Waals surface area contributed by atoms with Gasteiger partial charge in [-0.1, -0.05) is 26.0 Å². The number of ether oxygens (including phenoxy) is 1. The molecule has 0 unspecified atom stereocenters. The van der Waals surface area contributed by atoms with Gasteiger partial charge in [0.25, 0.3) is 0 Å². The van der Waals surface area contributed by atoms with Crippen molar-refractivity contribution < 1.29 is 9.53 Å². The van der Waals surface area contributed by atoms with Crippen LogP contribution in [0.15, 0.2) is 24.3 Å². The molecule has 1 aromatic rings. The van der Waals surface area contributed by atoms with Gasteiger partial charge in [-0.05, 0) is 23.6 Å². The molecule has 0 aromatic heterocycles. The lowest BCUT2D eigenvalue weighted by Gasteiger charge is -2.08. The first-order valence-electron chi connectivity index (χ1n) is 5.52. The minimum atomic E-state index is -0.0147. The average Bonchev–Trinajstić information content (AvgIpc) is 2.27. The predicted octanol–water partition coefficient (Wildman–Crippen LogP) is 2.79. The van der Waals surface area contributed by atoms with Crippen molar-refractivity contribution in [2.75, 3.05) is 19.0 Å². The Balaban J connectivity index is 2.51. The Kier molecular flexibility index (Phi) is 4.99. The van der Waals surface area contributed by atoms with Crippen molar-refractivity contribution in [2.24, 2.45) is 0 Å². The summed E-state index contributed by atoms with van der Waals surface area (Å²) in [4.78, 5) is 11.4. The number of anilines is 1. The molecule has 1 N–H and O–H groups in total. The van der Waals surface area contributed by atoms with Crippen molar-refractivity contribution in [1.82, 2.24) is 0 Å². The van der Waals surface area contributed by atoms with Gasteiger partial charge in [-0.3, -0.25) is 4.79 Å². The first-order valence-corrected chi connectivity index (χ1v) is 5.52. The van der Waals surface area contributed by atoms with E-state index in [9.17, 15) is 4.79 Å². The van der Waals surface area contributed by atoms with E-state index in [-0.39, 0.29) is 5.91 Å². The molecule has 88 valence electrons. The summed E-state index contributed by atoms with van der Waals surface area (Å²) in [6.45, 7) is 4.74. The molecule has 0 bridgehead atoms. The van der Waals surface area contributed by atoms with Crippen LogP contribution in [0.25, 0.3) is 0 Å².